The van der Waals surface area contributed by atoms with Crippen molar-refractivity contribution in [1.29, 1.82) is 0 Å². The Labute approximate surface area is 199 Å². The molecule has 0 radical (unpaired) electrons. The first-order valence-electron chi connectivity index (χ1n) is 11.3. The zero-order valence-electron chi connectivity index (χ0n) is 18.9. The summed E-state index contributed by atoms with van der Waals surface area (Å²) in [7, 11) is 0. The minimum absolute atomic E-state index is 0.323. The van der Waals surface area contributed by atoms with Gasteiger partial charge in [-0.2, -0.15) is 5.10 Å². The molecule has 0 fully saturated rings. The summed E-state index contributed by atoms with van der Waals surface area (Å²) in [5, 5.41) is 10.8. The maximum absolute atomic E-state index is 13.8. The molecule has 8 nitrogen and oxygen atoms in total. The minimum atomic E-state index is -0.323. The maximum Gasteiger partial charge on any atom is 0.161 e. The van der Waals surface area contributed by atoms with Gasteiger partial charge in [-0.1, -0.05) is 19.1 Å². The Bertz CT molecular complexity index is 1670. The Morgan fingerprint density at radius 3 is 2.71 bits per heavy atom. The van der Waals surface area contributed by atoms with Crippen LogP contribution in [-0.4, -0.2) is 41.7 Å². The molecule has 0 atom stereocenters. The second-order valence-corrected chi connectivity index (χ2v) is 8.18. The molecule has 6 aromatic rings. The van der Waals surface area contributed by atoms with Gasteiger partial charge in [-0.05, 0) is 48.5 Å². The lowest BCUT2D eigenvalue weighted by Crippen LogP contribution is -2.11. The number of nitrogens with one attached hydrogen (secondary N) is 3. The molecule has 0 aliphatic carbocycles. The van der Waals surface area contributed by atoms with Crippen LogP contribution in [0.3, 0.4) is 0 Å². The van der Waals surface area contributed by atoms with E-state index in [9.17, 15) is 4.39 Å². The molecule has 0 saturated carbocycles. The molecular formula is C26H21FN8. The Hall–Kier alpha value is -4.50. The number of nitrogens with zero attached hydrogens (tertiary/aromatic N) is 5. The van der Waals surface area contributed by atoms with E-state index in [1.54, 1.807) is 12.3 Å². The molecular weight excluding hydrogens is 443 g/mol. The molecule has 35 heavy (non-hydrogen) atoms. The van der Waals surface area contributed by atoms with E-state index in [1.807, 2.05) is 36.7 Å². The molecule has 0 saturated heterocycles. The van der Waals surface area contributed by atoms with Crippen molar-refractivity contribution in [2.75, 3.05) is 6.54 Å². The number of rotatable bonds is 6. The van der Waals surface area contributed by atoms with E-state index in [0.29, 0.717) is 33.8 Å². The lowest BCUT2D eigenvalue weighted by Gasteiger charge is -2.05. The van der Waals surface area contributed by atoms with E-state index in [1.165, 1.54) is 12.1 Å². The van der Waals surface area contributed by atoms with Crippen molar-refractivity contribution in [1.82, 2.24) is 40.4 Å². The van der Waals surface area contributed by atoms with E-state index in [2.05, 4.69) is 43.5 Å². The fourth-order valence-electron chi connectivity index (χ4n) is 4.11. The van der Waals surface area contributed by atoms with Gasteiger partial charge in [0.2, 0.25) is 0 Å². The highest BCUT2D eigenvalue weighted by molar-refractivity contribution is 5.95. The predicted octanol–water partition coefficient (Wildman–Crippen LogP) is 4.87. The smallest absolute Gasteiger partial charge is 0.161 e. The number of hydrogen-bond acceptors (Lipinski definition) is 6. The standard InChI is InChI=1S/C26H21FN8/c1-2-28-12-15-10-17(14-29-13-15)19-6-7-21-24(31-19)25(35-34-21)26-32-20-8-9-30-22(23(20)33-26)16-4-3-5-18(27)11-16/h3-11,13-14,28H,2,12H2,1H3,(H,32,33)(H,34,35). The Balaban J connectivity index is 1.44. The molecule has 3 N–H and O–H groups in total. The number of benzene rings is 1. The number of imidazole rings is 1. The zero-order chi connectivity index (χ0) is 23.8. The van der Waals surface area contributed by atoms with E-state index in [-0.39, 0.29) is 5.82 Å². The summed E-state index contributed by atoms with van der Waals surface area (Å²) < 4.78 is 13.8. The van der Waals surface area contributed by atoms with Crippen LogP contribution < -0.4 is 5.32 Å². The summed E-state index contributed by atoms with van der Waals surface area (Å²) in [6.07, 6.45) is 5.34. The van der Waals surface area contributed by atoms with E-state index < -0.39 is 0 Å². The van der Waals surface area contributed by atoms with Gasteiger partial charge in [0.1, 0.15) is 16.9 Å². The first-order valence-corrected chi connectivity index (χ1v) is 11.3. The fourth-order valence-corrected chi connectivity index (χ4v) is 4.11. The largest absolute Gasteiger partial charge is 0.336 e. The number of halogens is 1. The number of H-pyrrole nitrogens is 2. The molecule has 6 rings (SSSR count). The molecule has 0 aliphatic rings. The highest BCUT2D eigenvalue weighted by atomic mass is 19.1. The van der Waals surface area contributed by atoms with Crippen LogP contribution in [0.1, 0.15) is 12.5 Å². The number of aromatic nitrogens is 7. The number of pyridine rings is 3. The van der Waals surface area contributed by atoms with Gasteiger partial charge in [-0.15, -0.1) is 0 Å². The summed E-state index contributed by atoms with van der Waals surface area (Å²) in [6.45, 7) is 3.71. The third kappa shape index (κ3) is 3.91. The summed E-state index contributed by atoms with van der Waals surface area (Å²) in [5.41, 5.74) is 7.58. The molecule has 0 amide bonds. The SMILES string of the molecule is CCNCc1cncc(-c2ccc3[nH]nc(-c4nc5c(-c6cccc(F)c6)nccc5[nH]4)c3n2)c1. The van der Waals surface area contributed by atoms with Crippen molar-refractivity contribution in [3.8, 4) is 34.0 Å². The van der Waals surface area contributed by atoms with Crippen LogP contribution in [0.2, 0.25) is 0 Å². The molecule has 5 heterocycles. The van der Waals surface area contributed by atoms with Crippen LogP contribution >= 0.6 is 0 Å². The molecule has 5 aromatic heterocycles. The van der Waals surface area contributed by atoms with E-state index in [0.717, 1.165) is 40.9 Å². The van der Waals surface area contributed by atoms with Gasteiger partial charge in [-0.3, -0.25) is 15.1 Å². The van der Waals surface area contributed by atoms with Crippen molar-refractivity contribution in [2.24, 2.45) is 0 Å². The van der Waals surface area contributed by atoms with Crippen LogP contribution in [0.5, 0.6) is 0 Å². The lowest BCUT2D eigenvalue weighted by atomic mass is 10.1. The van der Waals surface area contributed by atoms with Crippen LogP contribution in [0, 0.1) is 5.82 Å². The van der Waals surface area contributed by atoms with Crippen LogP contribution in [-0.2, 0) is 6.54 Å². The van der Waals surface area contributed by atoms with Crippen LogP contribution in [0.4, 0.5) is 4.39 Å². The van der Waals surface area contributed by atoms with Gasteiger partial charge in [0.05, 0.1) is 22.4 Å². The highest BCUT2D eigenvalue weighted by Gasteiger charge is 2.17. The summed E-state index contributed by atoms with van der Waals surface area (Å²) in [4.78, 5) is 21.8. The average molecular weight is 465 g/mol. The first kappa shape index (κ1) is 21.1. The molecule has 0 spiro atoms. The number of fused-ring (bicyclic) bond motifs is 2. The average Bonchev–Trinajstić information content (AvgIpc) is 3.51. The molecule has 0 aliphatic heterocycles. The van der Waals surface area contributed by atoms with Crippen LogP contribution in [0.25, 0.3) is 56.1 Å². The van der Waals surface area contributed by atoms with Gasteiger partial charge in [0.25, 0.3) is 0 Å². The van der Waals surface area contributed by atoms with E-state index in [4.69, 9.17) is 9.97 Å². The molecule has 172 valence electrons. The number of hydrogen-bond donors (Lipinski definition) is 3. The van der Waals surface area contributed by atoms with Gasteiger partial charge in [0, 0.05) is 36.3 Å². The summed E-state index contributed by atoms with van der Waals surface area (Å²) in [6, 6.07) is 14.2. The monoisotopic (exact) mass is 464 g/mol. The second kappa shape index (κ2) is 8.69. The number of aromatic amines is 2. The fraction of sp³-hybridized carbons (Fsp3) is 0.115. The van der Waals surface area contributed by atoms with Gasteiger partial charge in [0.15, 0.2) is 11.5 Å². The first-order chi connectivity index (χ1) is 17.2. The molecule has 1 aromatic carbocycles. The predicted molar refractivity (Wildman–Crippen MR) is 133 cm³/mol. The van der Waals surface area contributed by atoms with Gasteiger partial charge in [-0.25, -0.2) is 14.4 Å². The zero-order valence-corrected chi connectivity index (χ0v) is 18.9. The van der Waals surface area contributed by atoms with Gasteiger partial charge >= 0.3 is 0 Å². The topological polar surface area (TPSA) is 108 Å². The third-order valence-electron chi connectivity index (χ3n) is 5.80. The summed E-state index contributed by atoms with van der Waals surface area (Å²) >= 11 is 0. The summed E-state index contributed by atoms with van der Waals surface area (Å²) in [5.74, 6) is 0.233. The highest BCUT2D eigenvalue weighted by Crippen LogP contribution is 2.31. The second-order valence-electron chi connectivity index (χ2n) is 8.18. The van der Waals surface area contributed by atoms with Crippen molar-refractivity contribution < 1.29 is 4.39 Å². The molecule has 0 bridgehead atoms. The normalized spacial score (nSPS) is 11.5. The van der Waals surface area contributed by atoms with Crippen molar-refractivity contribution in [3.05, 3.63) is 78.5 Å². The van der Waals surface area contributed by atoms with Crippen LogP contribution in [0.15, 0.2) is 67.1 Å². The Kier molecular flexibility index (Phi) is 5.23. The van der Waals surface area contributed by atoms with Crippen molar-refractivity contribution in [2.45, 2.75) is 13.5 Å². The van der Waals surface area contributed by atoms with Gasteiger partial charge < -0.3 is 10.3 Å². The van der Waals surface area contributed by atoms with Crippen molar-refractivity contribution in [3.63, 3.8) is 0 Å². The quantitative estimate of drug-likeness (QED) is 0.324. The Morgan fingerprint density at radius 1 is 0.914 bits per heavy atom. The lowest BCUT2D eigenvalue weighted by molar-refractivity contribution is 0.628. The molecule has 0 unspecified atom stereocenters. The van der Waals surface area contributed by atoms with Crippen molar-refractivity contribution >= 4 is 22.1 Å². The maximum atomic E-state index is 13.8. The van der Waals surface area contributed by atoms with E-state index >= 15 is 0 Å². The third-order valence-corrected chi connectivity index (χ3v) is 5.80. The minimum Gasteiger partial charge on any atom is -0.336 e. The molecule has 9 heteroatoms. The Morgan fingerprint density at radius 2 is 1.83 bits per heavy atom.